The highest BCUT2D eigenvalue weighted by Crippen LogP contribution is 2.18. The monoisotopic (exact) mass is 213 g/mol. The minimum absolute atomic E-state index is 0.0867. The smallest absolute Gasteiger partial charge is 0.221 e. The van der Waals surface area contributed by atoms with Crippen LogP contribution < -0.4 is 11.1 Å². The predicted octanol–water partition coefficient (Wildman–Crippen LogP) is 0.182. The fraction of sp³-hybridized carbons (Fsp3) is 0.909. The maximum Gasteiger partial charge on any atom is 0.221 e. The number of carbonyl (C=O) groups is 1. The second-order valence-corrected chi connectivity index (χ2v) is 4.51. The van der Waals surface area contributed by atoms with E-state index in [2.05, 4.69) is 17.1 Å². The number of piperidine rings is 1. The van der Waals surface area contributed by atoms with E-state index in [9.17, 15) is 4.79 Å². The lowest BCUT2D eigenvalue weighted by Gasteiger charge is -2.36. The highest BCUT2D eigenvalue weighted by Gasteiger charge is 2.24. The largest absolute Gasteiger partial charge is 0.359 e. The van der Waals surface area contributed by atoms with E-state index in [1.807, 2.05) is 0 Å². The normalized spacial score (nSPS) is 24.9. The molecule has 1 aliphatic rings. The summed E-state index contributed by atoms with van der Waals surface area (Å²) in [6.07, 6.45) is 3.05. The third kappa shape index (κ3) is 3.80. The SMILES string of the molecule is CNC(=O)CC(CN)N1CCCC(C)C1. The Bertz CT molecular complexity index is 208. The maximum absolute atomic E-state index is 11.3. The van der Waals surface area contributed by atoms with Crippen LogP contribution in [0.15, 0.2) is 0 Å². The van der Waals surface area contributed by atoms with Crippen molar-refractivity contribution in [1.29, 1.82) is 0 Å². The molecule has 1 aliphatic heterocycles. The van der Waals surface area contributed by atoms with Crippen LogP contribution in [-0.2, 0) is 4.79 Å². The van der Waals surface area contributed by atoms with E-state index >= 15 is 0 Å². The third-order valence-electron chi connectivity index (χ3n) is 3.18. The zero-order valence-corrected chi connectivity index (χ0v) is 9.83. The molecule has 4 heteroatoms. The summed E-state index contributed by atoms with van der Waals surface area (Å²) >= 11 is 0. The molecule has 1 saturated heterocycles. The lowest BCUT2D eigenvalue weighted by Crippen LogP contribution is -2.47. The van der Waals surface area contributed by atoms with Crippen molar-refractivity contribution in [3.63, 3.8) is 0 Å². The van der Waals surface area contributed by atoms with Crippen LogP contribution in [0.5, 0.6) is 0 Å². The number of nitrogens with one attached hydrogen (secondary N) is 1. The molecule has 0 aromatic heterocycles. The lowest BCUT2D eigenvalue weighted by molar-refractivity contribution is -0.122. The molecule has 0 aliphatic carbocycles. The van der Waals surface area contributed by atoms with Gasteiger partial charge in [-0.1, -0.05) is 6.92 Å². The summed E-state index contributed by atoms with van der Waals surface area (Å²) in [6, 6.07) is 0.215. The molecule has 0 aromatic rings. The first-order valence-corrected chi connectivity index (χ1v) is 5.82. The van der Waals surface area contributed by atoms with Crippen LogP contribution in [0.25, 0.3) is 0 Å². The van der Waals surface area contributed by atoms with Crippen LogP contribution in [0, 0.1) is 5.92 Å². The number of hydrogen-bond donors (Lipinski definition) is 2. The Balaban J connectivity index is 2.45. The predicted molar refractivity (Wildman–Crippen MR) is 61.5 cm³/mol. The highest BCUT2D eigenvalue weighted by molar-refractivity contribution is 5.76. The van der Waals surface area contributed by atoms with Crippen LogP contribution in [0.4, 0.5) is 0 Å². The molecule has 1 fully saturated rings. The van der Waals surface area contributed by atoms with Gasteiger partial charge in [-0.05, 0) is 25.3 Å². The number of hydrogen-bond acceptors (Lipinski definition) is 3. The maximum atomic E-state index is 11.3. The van der Waals surface area contributed by atoms with E-state index < -0.39 is 0 Å². The van der Waals surface area contributed by atoms with Gasteiger partial charge in [0.15, 0.2) is 0 Å². The molecule has 0 bridgehead atoms. The van der Waals surface area contributed by atoms with Crippen LogP contribution in [0.3, 0.4) is 0 Å². The number of rotatable bonds is 4. The van der Waals surface area contributed by atoms with Gasteiger partial charge in [-0.15, -0.1) is 0 Å². The van der Waals surface area contributed by atoms with Crippen molar-refractivity contribution in [3.05, 3.63) is 0 Å². The molecule has 1 rings (SSSR count). The number of likely N-dealkylation sites (tertiary alicyclic amines) is 1. The summed E-state index contributed by atoms with van der Waals surface area (Å²) in [6.45, 7) is 5.00. The van der Waals surface area contributed by atoms with Crippen molar-refractivity contribution >= 4 is 5.91 Å². The van der Waals surface area contributed by atoms with Gasteiger partial charge in [-0.25, -0.2) is 0 Å². The second-order valence-electron chi connectivity index (χ2n) is 4.51. The molecule has 15 heavy (non-hydrogen) atoms. The minimum atomic E-state index is 0.0867. The summed E-state index contributed by atoms with van der Waals surface area (Å²) < 4.78 is 0. The van der Waals surface area contributed by atoms with E-state index in [0.29, 0.717) is 13.0 Å². The van der Waals surface area contributed by atoms with Gasteiger partial charge in [0.05, 0.1) is 0 Å². The number of amides is 1. The second kappa shape index (κ2) is 6.08. The molecular formula is C11H23N3O. The lowest BCUT2D eigenvalue weighted by atomic mass is 9.98. The first-order chi connectivity index (χ1) is 7.17. The van der Waals surface area contributed by atoms with Crippen molar-refractivity contribution < 1.29 is 4.79 Å². The van der Waals surface area contributed by atoms with E-state index in [1.54, 1.807) is 7.05 Å². The van der Waals surface area contributed by atoms with Crippen molar-refractivity contribution in [2.45, 2.75) is 32.2 Å². The zero-order chi connectivity index (χ0) is 11.3. The van der Waals surface area contributed by atoms with Crippen LogP contribution in [-0.4, -0.2) is 43.5 Å². The molecule has 2 atom stereocenters. The minimum Gasteiger partial charge on any atom is -0.359 e. The van der Waals surface area contributed by atoms with Crippen LogP contribution >= 0.6 is 0 Å². The van der Waals surface area contributed by atoms with Crippen LogP contribution in [0.2, 0.25) is 0 Å². The van der Waals surface area contributed by atoms with Crippen molar-refractivity contribution in [3.8, 4) is 0 Å². The molecule has 0 radical (unpaired) electrons. The Morgan fingerprint density at radius 1 is 1.67 bits per heavy atom. The first kappa shape index (κ1) is 12.5. The average molecular weight is 213 g/mol. The van der Waals surface area contributed by atoms with Crippen molar-refractivity contribution in [1.82, 2.24) is 10.2 Å². The van der Waals surface area contributed by atoms with E-state index in [4.69, 9.17) is 5.73 Å². The molecule has 0 aromatic carbocycles. The van der Waals surface area contributed by atoms with Gasteiger partial charge < -0.3 is 11.1 Å². The van der Waals surface area contributed by atoms with Crippen LogP contribution in [0.1, 0.15) is 26.2 Å². The number of nitrogens with zero attached hydrogens (tertiary/aromatic N) is 1. The van der Waals surface area contributed by atoms with Crippen molar-refractivity contribution in [2.24, 2.45) is 11.7 Å². The fourth-order valence-corrected chi connectivity index (χ4v) is 2.23. The Hall–Kier alpha value is -0.610. The topological polar surface area (TPSA) is 58.4 Å². The van der Waals surface area contributed by atoms with Gasteiger partial charge in [-0.2, -0.15) is 0 Å². The van der Waals surface area contributed by atoms with E-state index in [-0.39, 0.29) is 11.9 Å². The van der Waals surface area contributed by atoms with Gasteiger partial charge in [0.25, 0.3) is 0 Å². The van der Waals surface area contributed by atoms with Gasteiger partial charge >= 0.3 is 0 Å². The molecule has 3 N–H and O–H groups in total. The number of nitrogens with two attached hydrogens (primary N) is 1. The van der Waals surface area contributed by atoms with E-state index in [1.165, 1.54) is 12.8 Å². The Morgan fingerprint density at radius 2 is 2.40 bits per heavy atom. The standard InChI is InChI=1S/C11H23N3O/c1-9-4-3-5-14(8-9)10(7-12)6-11(15)13-2/h9-10H,3-8,12H2,1-2H3,(H,13,15). The molecule has 0 spiro atoms. The first-order valence-electron chi connectivity index (χ1n) is 5.82. The Kier molecular flexibility index (Phi) is 5.05. The summed E-state index contributed by atoms with van der Waals surface area (Å²) in [5.74, 6) is 0.821. The molecule has 88 valence electrons. The van der Waals surface area contributed by atoms with E-state index in [0.717, 1.165) is 19.0 Å². The summed E-state index contributed by atoms with van der Waals surface area (Å²) in [5.41, 5.74) is 5.73. The number of carbonyl (C=O) groups excluding carboxylic acids is 1. The quantitative estimate of drug-likeness (QED) is 0.700. The average Bonchev–Trinajstić information content (AvgIpc) is 2.25. The van der Waals surface area contributed by atoms with Crippen molar-refractivity contribution in [2.75, 3.05) is 26.7 Å². The Morgan fingerprint density at radius 3 is 2.93 bits per heavy atom. The van der Waals surface area contributed by atoms with Gasteiger partial charge in [0.1, 0.15) is 0 Å². The highest BCUT2D eigenvalue weighted by atomic mass is 16.1. The van der Waals surface area contributed by atoms with Gasteiger partial charge in [0, 0.05) is 32.6 Å². The summed E-state index contributed by atoms with van der Waals surface area (Å²) in [4.78, 5) is 13.7. The summed E-state index contributed by atoms with van der Waals surface area (Å²) in [7, 11) is 1.68. The Labute approximate surface area is 92.2 Å². The fourth-order valence-electron chi connectivity index (χ4n) is 2.23. The molecular weight excluding hydrogens is 190 g/mol. The zero-order valence-electron chi connectivity index (χ0n) is 9.83. The van der Waals surface area contributed by atoms with Gasteiger partial charge in [-0.3, -0.25) is 9.69 Å². The third-order valence-corrected chi connectivity index (χ3v) is 3.18. The molecule has 1 amide bonds. The molecule has 4 nitrogen and oxygen atoms in total. The summed E-state index contributed by atoms with van der Waals surface area (Å²) in [5, 5.41) is 2.66. The molecule has 2 unspecified atom stereocenters. The molecule has 0 saturated carbocycles. The molecule has 1 heterocycles. The van der Waals surface area contributed by atoms with Gasteiger partial charge in [0.2, 0.25) is 5.91 Å².